The van der Waals surface area contributed by atoms with E-state index in [4.69, 9.17) is 5.11 Å². The van der Waals surface area contributed by atoms with E-state index in [9.17, 15) is 22.8 Å². The third-order valence-electron chi connectivity index (χ3n) is 4.20. The summed E-state index contributed by atoms with van der Waals surface area (Å²) in [4.78, 5) is 25.7. The number of rotatable bonds is 1. The van der Waals surface area contributed by atoms with Crippen LogP contribution in [0.2, 0.25) is 0 Å². The summed E-state index contributed by atoms with van der Waals surface area (Å²) in [5, 5.41) is 8.96. The molecular weight excluding hydrogens is 289 g/mol. The Morgan fingerprint density at radius 1 is 1.29 bits per heavy atom. The van der Waals surface area contributed by atoms with Crippen molar-refractivity contribution in [2.45, 2.75) is 25.9 Å². The van der Waals surface area contributed by atoms with Gasteiger partial charge in [-0.3, -0.25) is 4.79 Å². The number of carbonyl (C=O) groups is 2. The van der Waals surface area contributed by atoms with E-state index in [2.05, 4.69) is 0 Å². The molecule has 5 nitrogen and oxygen atoms in total. The zero-order valence-electron chi connectivity index (χ0n) is 11.6. The molecule has 0 aromatic heterocycles. The van der Waals surface area contributed by atoms with Gasteiger partial charge < -0.3 is 14.9 Å². The molecular formula is C13H17F3N2O3. The van der Waals surface area contributed by atoms with E-state index < -0.39 is 36.6 Å². The van der Waals surface area contributed by atoms with Gasteiger partial charge in [-0.2, -0.15) is 13.2 Å². The van der Waals surface area contributed by atoms with Gasteiger partial charge in [0, 0.05) is 26.2 Å². The van der Waals surface area contributed by atoms with E-state index in [1.54, 1.807) is 0 Å². The third kappa shape index (κ3) is 2.71. The zero-order chi connectivity index (χ0) is 15.8. The molecule has 0 aromatic rings. The maximum Gasteiger partial charge on any atom is 0.406 e. The quantitative estimate of drug-likeness (QED) is 0.755. The van der Waals surface area contributed by atoms with Crippen molar-refractivity contribution in [1.29, 1.82) is 0 Å². The number of carboxylic acid groups (broad SMARTS) is 1. The van der Waals surface area contributed by atoms with Gasteiger partial charge in [-0.05, 0) is 19.8 Å². The van der Waals surface area contributed by atoms with Crippen LogP contribution < -0.4 is 0 Å². The lowest BCUT2D eigenvalue weighted by Gasteiger charge is -2.31. The van der Waals surface area contributed by atoms with Crippen molar-refractivity contribution in [2.75, 3.05) is 26.2 Å². The van der Waals surface area contributed by atoms with Crippen molar-refractivity contribution in [3.05, 3.63) is 11.6 Å². The smallest absolute Gasteiger partial charge is 0.406 e. The average molecular weight is 306 g/mol. The molecule has 118 valence electrons. The number of amides is 2. The largest absolute Gasteiger partial charge is 0.481 e. The Morgan fingerprint density at radius 3 is 2.38 bits per heavy atom. The maximum absolute atomic E-state index is 13.1. The predicted molar refractivity (Wildman–Crippen MR) is 67.7 cm³/mol. The molecule has 1 saturated heterocycles. The van der Waals surface area contributed by atoms with Crippen LogP contribution in [0.3, 0.4) is 0 Å². The lowest BCUT2D eigenvalue weighted by molar-refractivity contribution is -0.227. The number of hydrogen-bond donors (Lipinski definition) is 1. The molecule has 0 bridgehead atoms. The molecule has 1 fully saturated rings. The van der Waals surface area contributed by atoms with Crippen LogP contribution in [-0.4, -0.2) is 59.3 Å². The molecule has 1 unspecified atom stereocenters. The van der Waals surface area contributed by atoms with Gasteiger partial charge >= 0.3 is 18.2 Å². The second-order valence-electron chi connectivity index (χ2n) is 5.59. The summed E-state index contributed by atoms with van der Waals surface area (Å²) in [6.07, 6.45) is -2.93. The zero-order valence-corrected chi connectivity index (χ0v) is 11.6. The monoisotopic (exact) mass is 306 g/mol. The highest BCUT2D eigenvalue weighted by Crippen LogP contribution is 2.45. The van der Waals surface area contributed by atoms with E-state index >= 15 is 0 Å². The van der Waals surface area contributed by atoms with E-state index in [1.165, 1.54) is 4.90 Å². The first kappa shape index (κ1) is 15.7. The fourth-order valence-corrected chi connectivity index (χ4v) is 2.64. The number of nitrogens with zero attached hydrogens (tertiary/aromatic N) is 2. The van der Waals surface area contributed by atoms with Crippen molar-refractivity contribution in [3.63, 3.8) is 0 Å². The number of carboxylic acids is 1. The fraction of sp³-hybridized carbons (Fsp3) is 0.692. The Balaban J connectivity index is 2.11. The summed E-state index contributed by atoms with van der Waals surface area (Å²) in [7, 11) is 0. The lowest BCUT2D eigenvalue weighted by atomic mass is 9.86. The van der Waals surface area contributed by atoms with E-state index in [0.29, 0.717) is 19.5 Å². The Bertz CT molecular complexity index is 490. The highest BCUT2D eigenvalue weighted by Gasteiger charge is 2.64. The van der Waals surface area contributed by atoms with Gasteiger partial charge in [-0.1, -0.05) is 11.6 Å². The summed E-state index contributed by atoms with van der Waals surface area (Å²) >= 11 is 0. The van der Waals surface area contributed by atoms with Crippen molar-refractivity contribution in [2.24, 2.45) is 5.41 Å². The molecule has 0 aliphatic carbocycles. The molecule has 2 heterocycles. The van der Waals surface area contributed by atoms with Crippen molar-refractivity contribution in [1.82, 2.24) is 9.80 Å². The van der Waals surface area contributed by atoms with Crippen molar-refractivity contribution < 1.29 is 27.9 Å². The van der Waals surface area contributed by atoms with Gasteiger partial charge in [0.25, 0.3) is 0 Å². The normalized spacial score (nSPS) is 26.8. The SMILES string of the molecule is CC1=CCN(C(=O)N2CCC(C(=O)O)(C(F)(F)F)C2)CC1. The Morgan fingerprint density at radius 2 is 1.95 bits per heavy atom. The maximum atomic E-state index is 13.1. The summed E-state index contributed by atoms with van der Waals surface area (Å²) in [6.45, 7) is 1.72. The van der Waals surface area contributed by atoms with Crippen LogP contribution in [-0.2, 0) is 4.79 Å². The summed E-state index contributed by atoms with van der Waals surface area (Å²) < 4.78 is 39.2. The first-order valence-corrected chi connectivity index (χ1v) is 6.67. The summed E-state index contributed by atoms with van der Waals surface area (Å²) in [5.41, 5.74) is -1.71. The van der Waals surface area contributed by atoms with Crippen LogP contribution in [0.25, 0.3) is 0 Å². The molecule has 21 heavy (non-hydrogen) atoms. The molecule has 0 saturated carbocycles. The average Bonchev–Trinajstić information content (AvgIpc) is 2.84. The van der Waals surface area contributed by atoms with Gasteiger partial charge in [0.05, 0.1) is 0 Å². The molecule has 2 rings (SSSR count). The van der Waals surface area contributed by atoms with E-state index in [0.717, 1.165) is 10.5 Å². The van der Waals surface area contributed by atoms with E-state index in [1.807, 2.05) is 13.0 Å². The fourth-order valence-electron chi connectivity index (χ4n) is 2.64. The van der Waals surface area contributed by atoms with Crippen LogP contribution in [0.1, 0.15) is 19.8 Å². The molecule has 8 heteroatoms. The second kappa shape index (κ2) is 5.23. The summed E-state index contributed by atoms with van der Waals surface area (Å²) in [6, 6.07) is -0.522. The highest BCUT2D eigenvalue weighted by atomic mass is 19.4. The van der Waals surface area contributed by atoms with Gasteiger partial charge in [0.1, 0.15) is 0 Å². The topological polar surface area (TPSA) is 60.9 Å². The van der Waals surface area contributed by atoms with Gasteiger partial charge in [0.15, 0.2) is 5.41 Å². The molecule has 2 aliphatic rings. The lowest BCUT2D eigenvalue weighted by Crippen LogP contribution is -2.50. The number of halogens is 3. The number of likely N-dealkylation sites (tertiary alicyclic amines) is 1. The van der Waals surface area contributed by atoms with Crippen molar-refractivity contribution >= 4 is 12.0 Å². The minimum atomic E-state index is -4.87. The van der Waals surface area contributed by atoms with Gasteiger partial charge in [-0.25, -0.2) is 4.79 Å². The molecule has 0 aromatic carbocycles. The Labute approximate surface area is 120 Å². The molecule has 2 aliphatic heterocycles. The third-order valence-corrected chi connectivity index (χ3v) is 4.20. The minimum absolute atomic E-state index is 0.191. The molecule has 2 amide bonds. The number of alkyl halides is 3. The number of hydrogen-bond acceptors (Lipinski definition) is 2. The number of carbonyl (C=O) groups excluding carboxylic acids is 1. The van der Waals surface area contributed by atoms with Crippen LogP contribution in [0.4, 0.5) is 18.0 Å². The van der Waals surface area contributed by atoms with Crippen LogP contribution in [0.15, 0.2) is 11.6 Å². The van der Waals surface area contributed by atoms with Crippen molar-refractivity contribution in [3.8, 4) is 0 Å². The Hall–Kier alpha value is -1.73. The standard InChI is InChI=1S/C13H17F3N2O3/c1-9-2-5-17(6-3-9)11(21)18-7-4-12(8-18,10(19)20)13(14,15)16/h2H,3-8H2,1H3,(H,19,20). The van der Waals surface area contributed by atoms with Gasteiger partial charge in [-0.15, -0.1) is 0 Å². The van der Waals surface area contributed by atoms with E-state index in [-0.39, 0.29) is 6.54 Å². The molecule has 1 atom stereocenters. The van der Waals surface area contributed by atoms with Crippen LogP contribution in [0, 0.1) is 5.41 Å². The number of aliphatic carboxylic acids is 1. The van der Waals surface area contributed by atoms with Crippen LogP contribution >= 0.6 is 0 Å². The van der Waals surface area contributed by atoms with Crippen LogP contribution in [0.5, 0.6) is 0 Å². The highest BCUT2D eigenvalue weighted by molar-refractivity contribution is 5.80. The molecule has 0 spiro atoms. The second-order valence-corrected chi connectivity index (χ2v) is 5.59. The first-order valence-electron chi connectivity index (χ1n) is 6.67. The van der Waals surface area contributed by atoms with Gasteiger partial charge in [0.2, 0.25) is 0 Å². The minimum Gasteiger partial charge on any atom is -0.481 e. The number of urea groups is 1. The molecule has 0 radical (unpaired) electrons. The Kier molecular flexibility index (Phi) is 3.90. The summed E-state index contributed by atoms with van der Waals surface area (Å²) in [5.74, 6) is -1.92. The molecule has 1 N–H and O–H groups in total. The predicted octanol–water partition coefficient (Wildman–Crippen LogP) is 2.10. The first-order chi connectivity index (χ1) is 9.67.